The molecule has 2 aromatic carbocycles. The van der Waals surface area contributed by atoms with E-state index in [2.05, 4.69) is 37.9 Å². The van der Waals surface area contributed by atoms with Gasteiger partial charge in [-0.15, -0.1) is 0 Å². The lowest BCUT2D eigenvalue weighted by molar-refractivity contribution is 0.207. The Morgan fingerprint density at radius 3 is 2.23 bits per heavy atom. The van der Waals surface area contributed by atoms with Crippen LogP contribution in [0, 0.1) is 0 Å². The molecule has 1 heterocycles. The summed E-state index contributed by atoms with van der Waals surface area (Å²) in [5.41, 5.74) is 4.18. The predicted molar refractivity (Wildman–Crippen MR) is 89.9 cm³/mol. The third-order valence-electron chi connectivity index (χ3n) is 4.16. The molecule has 0 amide bonds. The van der Waals surface area contributed by atoms with Crippen LogP contribution in [0.2, 0.25) is 0 Å². The maximum Gasteiger partial charge on any atom is 0.143 e. The van der Waals surface area contributed by atoms with Crippen molar-refractivity contribution < 1.29 is 5.11 Å². The second-order valence-corrected chi connectivity index (χ2v) is 6.79. The largest absolute Gasteiger partial charge is 0.380 e. The molecule has 0 saturated carbocycles. The number of para-hydroxylation sites is 2. The highest BCUT2D eigenvalue weighted by molar-refractivity contribution is 5.76. The van der Waals surface area contributed by atoms with Gasteiger partial charge in [0.05, 0.1) is 11.0 Å². The molecule has 0 aliphatic carbocycles. The molecule has 0 fully saturated rings. The number of aliphatic hydroxyl groups excluding tert-OH is 1. The number of aryl methyl sites for hydroxylation is 1. The molecule has 3 aromatic rings. The minimum Gasteiger partial charge on any atom is -0.380 e. The third kappa shape index (κ3) is 2.53. The second-order valence-electron chi connectivity index (χ2n) is 6.79. The number of nitrogens with zero attached hydrogens (tertiary/aromatic N) is 2. The van der Waals surface area contributed by atoms with Gasteiger partial charge in [0.2, 0.25) is 0 Å². The summed E-state index contributed by atoms with van der Waals surface area (Å²) >= 11 is 0. The first-order valence-electron chi connectivity index (χ1n) is 7.58. The summed E-state index contributed by atoms with van der Waals surface area (Å²) in [7, 11) is 1.94. The smallest absolute Gasteiger partial charge is 0.143 e. The molecule has 3 nitrogen and oxygen atoms in total. The molecule has 1 N–H and O–H groups in total. The van der Waals surface area contributed by atoms with Crippen LogP contribution < -0.4 is 0 Å². The fourth-order valence-electron chi connectivity index (χ4n) is 2.72. The molecule has 0 aliphatic rings. The van der Waals surface area contributed by atoms with Crippen molar-refractivity contribution in [3.8, 4) is 0 Å². The molecule has 114 valence electrons. The molecule has 0 bridgehead atoms. The minimum absolute atomic E-state index is 0.112. The normalized spacial score (nSPS) is 13.5. The Balaban J connectivity index is 1.99. The van der Waals surface area contributed by atoms with E-state index < -0.39 is 6.10 Å². The van der Waals surface area contributed by atoms with E-state index in [1.807, 2.05) is 48.0 Å². The molecule has 0 aliphatic heterocycles. The van der Waals surface area contributed by atoms with Crippen molar-refractivity contribution >= 4 is 11.0 Å². The summed E-state index contributed by atoms with van der Waals surface area (Å²) in [5, 5.41) is 10.7. The van der Waals surface area contributed by atoms with Crippen LogP contribution in [0.4, 0.5) is 0 Å². The standard InChI is InChI=1S/C19H22N2O/c1-19(2,3)14-11-9-13(10-12-14)17(22)18-20-15-7-5-6-8-16(15)21(18)4/h5-12,17,22H,1-4H3/t17-/m1/s1. The number of hydrogen-bond acceptors (Lipinski definition) is 2. The van der Waals surface area contributed by atoms with E-state index in [9.17, 15) is 5.11 Å². The van der Waals surface area contributed by atoms with Gasteiger partial charge in [-0.1, -0.05) is 57.2 Å². The molecule has 3 heteroatoms. The van der Waals surface area contributed by atoms with Gasteiger partial charge in [-0.3, -0.25) is 0 Å². The maximum atomic E-state index is 10.7. The van der Waals surface area contributed by atoms with E-state index in [4.69, 9.17) is 0 Å². The summed E-state index contributed by atoms with van der Waals surface area (Å²) in [6.07, 6.45) is -0.716. The molecule has 3 rings (SSSR count). The van der Waals surface area contributed by atoms with Crippen molar-refractivity contribution in [1.29, 1.82) is 0 Å². The van der Waals surface area contributed by atoms with Crippen LogP contribution in [0.15, 0.2) is 48.5 Å². The van der Waals surface area contributed by atoms with Crippen LogP contribution in [-0.4, -0.2) is 14.7 Å². The predicted octanol–water partition coefficient (Wildman–Crippen LogP) is 3.95. The number of fused-ring (bicyclic) bond motifs is 1. The summed E-state index contributed by atoms with van der Waals surface area (Å²) in [6.45, 7) is 6.55. The number of benzene rings is 2. The number of rotatable bonds is 2. The quantitative estimate of drug-likeness (QED) is 0.777. The van der Waals surface area contributed by atoms with Crippen molar-refractivity contribution in [3.05, 3.63) is 65.5 Å². The molecular weight excluding hydrogens is 272 g/mol. The van der Waals surface area contributed by atoms with Gasteiger partial charge in [0.15, 0.2) is 0 Å². The molecule has 1 atom stereocenters. The lowest BCUT2D eigenvalue weighted by atomic mass is 9.86. The molecule has 1 aromatic heterocycles. The number of hydrogen-bond donors (Lipinski definition) is 1. The van der Waals surface area contributed by atoms with E-state index in [1.165, 1.54) is 5.56 Å². The zero-order valence-electron chi connectivity index (χ0n) is 13.5. The van der Waals surface area contributed by atoms with Crippen LogP contribution in [0.1, 0.15) is 43.8 Å². The van der Waals surface area contributed by atoms with Crippen LogP contribution in [-0.2, 0) is 12.5 Å². The van der Waals surface area contributed by atoms with Crippen LogP contribution >= 0.6 is 0 Å². The van der Waals surface area contributed by atoms with Crippen LogP contribution in [0.25, 0.3) is 11.0 Å². The third-order valence-corrected chi connectivity index (χ3v) is 4.16. The zero-order chi connectivity index (χ0) is 15.9. The Bertz CT molecular complexity index is 794. The molecular formula is C19H22N2O. The van der Waals surface area contributed by atoms with E-state index in [-0.39, 0.29) is 5.41 Å². The summed E-state index contributed by atoms with van der Waals surface area (Å²) < 4.78 is 1.96. The Hall–Kier alpha value is -2.13. The molecule has 0 radical (unpaired) electrons. The number of aromatic nitrogens is 2. The van der Waals surface area contributed by atoms with Crippen molar-refractivity contribution in [3.63, 3.8) is 0 Å². The first-order valence-corrected chi connectivity index (χ1v) is 7.58. The maximum absolute atomic E-state index is 10.7. The van der Waals surface area contributed by atoms with Gasteiger partial charge in [0.1, 0.15) is 11.9 Å². The van der Waals surface area contributed by atoms with Crippen molar-refractivity contribution in [2.45, 2.75) is 32.3 Å². The fourth-order valence-corrected chi connectivity index (χ4v) is 2.72. The van der Waals surface area contributed by atoms with Crippen LogP contribution in [0.3, 0.4) is 0 Å². The van der Waals surface area contributed by atoms with Gasteiger partial charge in [0, 0.05) is 7.05 Å². The summed E-state index contributed by atoms with van der Waals surface area (Å²) in [5.74, 6) is 0.671. The van der Waals surface area contributed by atoms with Crippen molar-refractivity contribution in [2.75, 3.05) is 0 Å². The van der Waals surface area contributed by atoms with E-state index in [0.29, 0.717) is 5.82 Å². The topological polar surface area (TPSA) is 38.0 Å². The van der Waals surface area contributed by atoms with E-state index in [1.54, 1.807) is 0 Å². The monoisotopic (exact) mass is 294 g/mol. The Labute approximate surface area is 131 Å². The number of aliphatic hydroxyl groups is 1. The van der Waals surface area contributed by atoms with Gasteiger partial charge in [-0.25, -0.2) is 4.98 Å². The first-order chi connectivity index (χ1) is 10.4. The fraction of sp³-hybridized carbons (Fsp3) is 0.316. The van der Waals surface area contributed by atoms with Gasteiger partial charge in [0.25, 0.3) is 0 Å². The molecule has 0 unspecified atom stereocenters. The highest BCUT2D eigenvalue weighted by Gasteiger charge is 2.19. The van der Waals surface area contributed by atoms with E-state index in [0.717, 1.165) is 16.6 Å². The highest BCUT2D eigenvalue weighted by atomic mass is 16.3. The molecule has 22 heavy (non-hydrogen) atoms. The summed E-state index contributed by atoms with van der Waals surface area (Å²) in [6, 6.07) is 16.1. The Morgan fingerprint density at radius 2 is 1.64 bits per heavy atom. The molecule has 0 saturated heterocycles. The van der Waals surface area contributed by atoms with Crippen LogP contribution in [0.5, 0.6) is 0 Å². The number of imidazole rings is 1. The Morgan fingerprint density at radius 1 is 1.00 bits per heavy atom. The lowest BCUT2D eigenvalue weighted by Crippen LogP contribution is -2.12. The lowest BCUT2D eigenvalue weighted by Gasteiger charge is -2.20. The van der Waals surface area contributed by atoms with Gasteiger partial charge < -0.3 is 9.67 Å². The van der Waals surface area contributed by atoms with Gasteiger partial charge in [-0.05, 0) is 28.7 Å². The van der Waals surface area contributed by atoms with Crippen molar-refractivity contribution in [1.82, 2.24) is 9.55 Å². The SMILES string of the molecule is Cn1c([C@H](O)c2ccc(C(C)(C)C)cc2)nc2ccccc21. The molecule has 0 spiro atoms. The minimum atomic E-state index is -0.716. The average Bonchev–Trinajstić information content (AvgIpc) is 2.83. The zero-order valence-corrected chi connectivity index (χ0v) is 13.5. The summed E-state index contributed by atoms with van der Waals surface area (Å²) in [4.78, 5) is 4.57. The second kappa shape index (κ2) is 5.25. The van der Waals surface area contributed by atoms with Gasteiger partial charge >= 0.3 is 0 Å². The Kier molecular flexibility index (Phi) is 3.53. The van der Waals surface area contributed by atoms with E-state index >= 15 is 0 Å². The average molecular weight is 294 g/mol. The van der Waals surface area contributed by atoms with Gasteiger partial charge in [-0.2, -0.15) is 0 Å². The first kappa shape index (κ1) is 14.8. The highest BCUT2D eigenvalue weighted by Crippen LogP contribution is 2.27. The van der Waals surface area contributed by atoms with Crippen molar-refractivity contribution in [2.24, 2.45) is 7.05 Å².